The normalized spacial score (nSPS) is 10.3. The summed E-state index contributed by atoms with van der Waals surface area (Å²) in [7, 11) is 0. The third kappa shape index (κ3) is 3.03. The molecule has 4 heteroatoms. The third-order valence-corrected chi connectivity index (χ3v) is 3.06. The van der Waals surface area contributed by atoms with Crippen LogP contribution in [0.1, 0.15) is 0 Å². The van der Waals surface area contributed by atoms with Crippen LogP contribution in [0.3, 0.4) is 0 Å². The average Bonchev–Trinajstić information content (AvgIpc) is 2.83. The molecule has 84 valence electrons. The fraction of sp³-hybridized carbons (Fsp3) is 0.250. The average molecular weight is 233 g/mol. The molecule has 16 heavy (non-hydrogen) atoms. The van der Waals surface area contributed by atoms with Crippen LogP contribution in [0.2, 0.25) is 0 Å². The summed E-state index contributed by atoms with van der Waals surface area (Å²) < 4.78 is 1.92. The molecule has 2 aromatic rings. The van der Waals surface area contributed by atoms with Crippen LogP contribution in [0.5, 0.6) is 0 Å². The summed E-state index contributed by atoms with van der Waals surface area (Å²) in [6, 6.07) is 10.4. The summed E-state index contributed by atoms with van der Waals surface area (Å²) in [5, 5.41) is 7.51. The zero-order chi connectivity index (χ0) is 11.2. The summed E-state index contributed by atoms with van der Waals surface area (Å²) in [6.07, 6.45) is 5.85. The molecule has 1 N–H and O–H groups in total. The Balaban J connectivity index is 1.81. The molecular weight excluding hydrogens is 218 g/mol. The van der Waals surface area contributed by atoms with E-state index >= 15 is 0 Å². The standard InChI is InChI=1S/C12H15N3S/c1-16-12-5-3-11(4-6-12)13-8-10-15-9-2-7-14-15/h2-7,9,13H,8,10H2,1H3. The van der Waals surface area contributed by atoms with Gasteiger partial charge in [0, 0.05) is 29.5 Å². The second kappa shape index (κ2) is 5.61. The van der Waals surface area contributed by atoms with E-state index in [9.17, 15) is 0 Å². The van der Waals surface area contributed by atoms with E-state index in [1.54, 1.807) is 18.0 Å². The maximum atomic E-state index is 4.15. The Bertz CT molecular complexity index is 408. The van der Waals surface area contributed by atoms with E-state index in [0.717, 1.165) is 18.8 Å². The monoisotopic (exact) mass is 233 g/mol. The van der Waals surface area contributed by atoms with Gasteiger partial charge in [-0.15, -0.1) is 11.8 Å². The third-order valence-electron chi connectivity index (χ3n) is 2.32. The van der Waals surface area contributed by atoms with E-state index in [2.05, 4.69) is 40.9 Å². The molecule has 0 spiro atoms. The number of nitrogens with zero attached hydrogens (tertiary/aromatic N) is 2. The summed E-state index contributed by atoms with van der Waals surface area (Å²) in [5.74, 6) is 0. The Kier molecular flexibility index (Phi) is 3.88. The molecule has 1 aromatic heterocycles. The van der Waals surface area contributed by atoms with Crippen LogP contribution in [0, 0.1) is 0 Å². The minimum absolute atomic E-state index is 0.886. The van der Waals surface area contributed by atoms with Gasteiger partial charge in [-0.05, 0) is 36.6 Å². The van der Waals surface area contributed by atoms with Crippen molar-refractivity contribution in [2.75, 3.05) is 18.1 Å². The van der Waals surface area contributed by atoms with Crippen molar-refractivity contribution in [2.45, 2.75) is 11.4 Å². The predicted molar refractivity (Wildman–Crippen MR) is 68.9 cm³/mol. The van der Waals surface area contributed by atoms with Gasteiger partial charge in [-0.1, -0.05) is 0 Å². The molecule has 0 amide bonds. The number of anilines is 1. The SMILES string of the molecule is CSc1ccc(NCCn2cccn2)cc1. The summed E-state index contributed by atoms with van der Waals surface area (Å²) in [5.41, 5.74) is 1.16. The smallest absolute Gasteiger partial charge is 0.0582 e. The maximum absolute atomic E-state index is 4.15. The first-order valence-corrected chi connectivity index (χ1v) is 6.46. The topological polar surface area (TPSA) is 29.9 Å². The number of aromatic nitrogens is 2. The van der Waals surface area contributed by atoms with Crippen molar-refractivity contribution < 1.29 is 0 Å². The molecule has 2 rings (SSSR count). The highest BCUT2D eigenvalue weighted by molar-refractivity contribution is 7.98. The second-order valence-corrected chi connectivity index (χ2v) is 4.30. The van der Waals surface area contributed by atoms with Crippen molar-refractivity contribution >= 4 is 17.4 Å². The second-order valence-electron chi connectivity index (χ2n) is 3.42. The van der Waals surface area contributed by atoms with Crippen molar-refractivity contribution in [2.24, 2.45) is 0 Å². The van der Waals surface area contributed by atoms with Crippen molar-refractivity contribution in [3.63, 3.8) is 0 Å². The Morgan fingerprint density at radius 2 is 2.12 bits per heavy atom. The molecule has 1 heterocycles. The first-order valence-electron chi connectivity index (χ1n) is 5.24. The van der Waals surface area contributed by atoms with Gasteiger partial charge in [0.05, 0.1) is 6.54 Å². The van der Waals surface area contributed by atoms with Crippen LogP contribution in [0.4, 0.5) is 5.69 Å². The van der Waals surface area contributed by atoms with Crippen LogP contribution < -0.4 is 5.32 Å². The van der Waals surface area contributed by atoms with Crippen molar-refractivity contribution in [3.8, 4) is 0 Å². The van der Waals surface area contributed by atoms with Gasteiger partial charge >= 0.3 is 0 Å². The van der Waals surface area contributed by atoms with E-state index in [4.69, 9.17) is 0 Å². The van der Waals surface area contributed by atoms with Crippen LogP contribution in [0.15, 0.2) is 47.6 Å². The van der Waals surface area contributed by atoms with Gasteiger partial charge in [0.15, 0.2) is 0 Å². The first kappa shape index (κ1) is 11.1. The molecular formula is C12H15N3S. The number of nitrogens with one attached hydrogen (secondary N) is 1. The van der Waals surface area contributed by atoms with Crippen LogP contribution in [0.25, 0.3) is 0 Å². The minimum atomic E-state index is 0.886. The van der Waals surface area contributed by atoms with Crippen molar-refractivity contribution in [3.05, 3.63) is 42.7 Å². The highest BCUT2D eigenvalue weighted by Crippen LogP contribution is 2.17. The van der Waals surface area contributed by atoms with Gasteiger partial charge in [0.25, 0.3) is 0 Å². The fourth-order valence-electron chi connectivity index (χ4n) is 1.46. The fourth-order valence-corrected chi connectivity index (χ4v) is 1.86. The molecule has 0 saturated carbocycles. The minimum Gasteiger partial charge on any atom is -0.383 e. The lowest BCUT2D eigenvalue weighted by atomic mass is 10.3. The predicted octanol–water partition coefficient (Wildman–Crippen LogP) is 2.72. The molecule has 0 unspecified atom stereocenters. The van der Waals surface area contributed by atoms with E-state index in [1.807, 2.05) is 16.9 Å². The molecule has 0 bridgehead atoms. The van der Waals surface area contributed by atoms with Gasteiger partial charge in [-0.25, -0.2) is 0 Å². The number of hydrogen-bond acceptors (Lipinski definition) is 3. The number of hydrogen-bond donors (Lipinski definition) is 1. The highest BCUT2D eigenvalue weighted by Gasteiger charge is 1.93. The van der Waals surface area contributed by atoms with Crippen LogP contribution in [-0.2, 0) is 6.54 Å². The summed E-state index contributed by atoms with van der Waals surface area (Å²) in [4.78, 5) is 1.29. The molecule has 0 aliphatic heterocycles. The molecule has 0 aliphatic carbocycles. The zero-order valence-corrected chi connectivity index (χ0v) is 10.1. The lowest BCUT2D eigenvalue weighted by Gasteiger charge is -2.06. The Hall–Kier alpha value is -1.42. The molecule has 1 aromatic carbocycles. The van der Waals surface area contributed by atoms with Crippen LogP contribution >= 0.6 is 11.8 Å². The van der Waals surface area contributed by atoms with Crippen molar-refractivity contribution in [1.29, 1.82) is 0 Å². The van der Waals surface area contributed by atoms with Crippen molar-refractivity contribution in [1.82, 2.24) is 9.78 Å². The maximum Gasteiger partial charge on any atom is 0.0582 e. The number of thioether (sulfide) groups is 1. The van der Waals surface area contributed by atoms with E-state index in [-0.39, 0.29) is 0 Å². The lowest BCUT2D eigenvalue weighted by molar-refractivity contribution is 0.638. The molecule has 3 nitrogen and oxygen atoms in total. The van der Waals surface area contributed by atoms with E-state index < -0.39 is 0 Å². The quantitative estimate of drug-likeness (QED) is 0.805. The molecule has 0 aliphatic rings. The lowest BCUT2D eigenvalue weighted by Crippen LogP contribution is -2.10. The molecule has 0 atom stereocenters. The zero-order valence-electron chi connectivity index (χ0n) is 9.26. The summed E-state index contributed by atoms with van der Waals surface area (Å²) in [6.45, 7) is 1.78. The largest absolute Gasteiger partial charge is 0.383 e. The van der Waals surface area contributed by atoms with E-state index in [1.165, 1.54) is 4.90 Å². The Morgan fingerprint density at radius 3 is 2.75 bits per heavy atom. The van der Waals surface area contributed by atoms with Gasteiger partial charge in [-0.3, -0.25) is 4.68 Å². The Labute approximate surface area is 99.9 Å². The van der Waals surface area contributed by atoms with E-state index in [0.29, 0.717) is 0 Å². The molecule has 0 radical (unpaired) electrons. The first-order chi connectivity index (χ1) is 7.88. The summed E-state index contributed by atoms with van der Waals surface area (Å²) >= 11 is 1.76. The van der Waals surface area contributed by atoms with Gasteiger partial charge in [0.1, 0.15) is 0 Å². The van der Waals surface area contributed by atoms with Gasteiger partial charge in [0.2, 0.25) is 0 Å². The van der Waals surface area contributed by atoms with Gasteiger partial charge in [-0.2, -0.15) is 5.10 Å². The van der Waals surface area contributed by atoms with Crippen LogP contribution in [-0.4, -0.2) is 22.6 Å². The van der Waals surface area contributed by atoms with Gasteiger partial charge < -0.3 is 5.32 Å². The number of rotatable bonds is 5. The molecule has 0 saturated heterocycles. The molecule has 0 fully saturated rings. The number of benzene rings is 1. The highest BCUT2D eigenvalue weighted by atomic mass is 32.2. The Morgan fingerprint density at radius 1 is 1.31 bits per heavy atom.